The van der Waals surface area contributed by atoms with E-state index in [1.807, 2.05) is 0 Å². The summed E-state index contributed by atoms with van der Waals surface area (Å²) in [4.78, 5) is 0. The van der Waals surface area contributed by atoms with Crippen LogP contribution >= 0.6 is 0 Å². The molecule has 0 aromatic rings. The van der Waals surface area contributed by atoms with Crippen LogP contribution in [0.15, 0.2) is 0 Å². The number of rotatable bonds is 1. The molecule has 0 saturated carbocycles. The van der Waals surface area contributed by atoms with Crippen molar-refractivity contribution in [3.8, 4) is 0 Å². The summed E-state index contributed by atoms with van der Waals surface area (Å²) < 4.78 is 0. The zero-order valence-electron chi connectivity index (χ0n) is 8.33. The molecule has 1 aliphatic heterocycles. The zero-order chi connectivity index (χ0) is 8.54. The molecule has 0 bridgehead atoms. The van der Waals surface area contributed by atoms with E-state index in [1.165, 1.54) is 25.9 Å². The lowest BCUT2D eigenvalue weighted by Crippen LogP contribution is -2.37. The summed E-state index contributed by atoms with van der Waals surface area (Å²) in [5.41, 5.74) is 1.03. The minimum atomic E-state index is 0.464. The Kier molecular flexibility index (Phi) is 2.29. The summed E-state index contributed by atoms with van der Waals surface area (Å²) in [5, 5.41) is 3.47. The number of nitrogens with one attached hydrogen (secondary N) is 1. The third kappa shape index (κ3) is 1.44. The van der Waals surface area contributed by atoms with E-state index in [4.69, 9.17) is 0 Å². The highest BCUT2D eigenvalue weighted by Crippen LogP contribution is 2.45. The standard InChI is InChI=1S/C10H21N/c1-5-10(9(2,3)4)6-7-11-8-10/h11H,5-8H2,1-4H3. The normalized spacial score (nSPS) is 32.7. The van der Waals surface area contributed by atoms with Crippen molar-refractivity contribution in [3.63, 3.8) is 0 Å². The largest absolute Gasteiger partial charge is 0.316 e. The molecule has 1 aliphatic rings. The molecule has 0 aromatic heterocycles. The van der Waals surface area contributed by atoms with Crippen LogP contribution in [0, 0.1) is 10.8 Å². The second kappa shape index (κ2) is 2.78. The van der Waals surface area contributed by atoms with Crippen LogP contribution in [0.1, 0.15) is 40.5 Å². The van der Waals surface area contributed by atoms with Gasteiger partial charge in [-0.15, -0.1) is 0 Å². The van der Waals surface area contributed by atoms with E-state index in [9.17, 15) is 0 Å². The Morgan fingerprint density at radius 2 is 2.00 bits per heavy atom. The van der Waals surface area contributed by atoms with Gasteiger partial charge >= 0.3 is 0 Å². The Morgan fingerprint density at radius 1 is 1.36 bits per heavy atom. The Hall–Kier alpha value is -0.0400. The maximum Gasteiger partial charge on any atom is 0.00132 e. The van der Waals surface area contributed by atoms with Crippen LogP contribution in [-0.4, -0.2) is 13.1 Å². The summed E-state index contributed by atoms with van der Waals surface area (Å²) in [6, 6.07) is 0. The molecule has 0 spiro atoms. The van der Waals surface area contributed by atoms with Gasteiger partial charge in [0.2, 0.25) is 0 Å². The van der Waals surface area contributed by atoms with E-state index in [2.05, 4.69) is 33.0 Å². The third-order valence-corrected chi connectivity index (χ3v) is 3.51. The van der Waals surface area contributed by atoms with Gasteiger partial charge in [-0.2, -0.15) is 0 Å². The van der Waals surface area contributed by atoms with Crippen LogP contribution in [0.2, 0.25) is 0 Å². The summed E-state index contributed by atoms with van der Waals surface area (Å²) >= 11 is 0. The van der Waals surface area contributed by atoms with Crippen molar-refractivity contribution < 1.29 is 0 Å². The quantitative estimate of drug-likeness (QED) is 0.613. The summed E-state index contributed by atoms with van der Waals surface area (Å²) in [5.74, 6) is 0. The molecule has 1 unspecified atom stereocenters. The van der Waals surface area contributed by atoms with Crippen molar-refractivity contribution in [1.82, 2.24) is 5.32 Å². The van der Waals surface area contributed by atoms with Gasteiger partial charge in [0.15, 0.2) is 0 Å². The average molecular weight is 155 g/mol. The van der Waals surface area contributed by atoms with E-state index < -0.39 is 0 Å². The van der Waals surface area contributed by atoms with Crippen molar-refractivity contribution in [2.24, 2.45) is 10.8 Å². The Labute approximate surface area is 70.6 Å². The zero-order valence-corrected chi connectivity index (χ0v) is 8.33. The van der Waals surface area contributed by atoms with Gasteiger partial charge in [0.05, 0.1) is 0 Å². The molecular weight excluding hydrogens is 134 g/mol. The van der Waals surface area contributed by atoms with Crippen molar-refractivity contribution in [3.05, 3.63) is 0 Å². The van der Waals surface area contributed by atoms with Gasteiger partial charge in [-0.1, -0.05) is 27.7 Å². The summed E-state index contributed by atoms with van der Waals surface area (Å²) in [6.45, 7) is 11.8. The first-order valence-corrected chi connectivity index (χ1v) is 4.72. The van der Waals surface area contributed by atoms with Gasteiger partial charge in [0.25, 0.3) is 0 Å². The highest BCUT2D eigenvalue weighted by atomic mass is 14.9. The molecule has 1 rings (SSSR count). The van der Waals surface area contributed by atoms with Crippen molar-refractivity contribution >= 4 is 0 Å². The van der Waals surface area contributed by atoms with Gasteiger partial charge in [-0.05, 0) is 30.2 Å². The van der Waals surface area contributed by atoms with Gasteiger partial charge in [0.1, 0.15) is 0 Å². The molecule has 1 heterocycles. The predicted molar refractivity (Wildman–Crippen MR) is 49.7 cm³/mol. The molecular formula is C10H21N. The van der Waals surface area contributed by atoms with Crippen molar-refractivity contribution in [2.45, 2.75) is 40.5 Å². The van der Waals surface area contributed by atoms with Gasteiger partial charge in [-0.3, -0.25) is 0 Å². The van der Waals surface area contributed by atoms with E-state index >= 15 is 0 Å². The maximum atomic E-state index is 3.47. The monoisotopic (exact) mass is 155 g/mol. The number of hydrogen-bond donors (Lipinski definition) is 1. The van der Waals surface area contributed by atoms with E-state index in [1.54, 1.807) is 0 Å². The topological polar surface area (TPSA) is 12.0 Å². The van der Waals surface area contributed by atoms with Gasteiger partial charge < -0.3 is 5.32 Å². The molecule has 1 saturated heterocycles. The van der Waals surface area contributed by atoms with Crippen molar-refractivity contribution in [1.29, 1.82) is 0 Å². The lowest BCUT2D eigenvalue weighted by atomic mass is 9.64. The minimum Gasteiger partial charge on any atom is -0.316 e. The SMILES string of the molecule is CCC1(C(C)(C)C)CCNC1. The molecule has 11 heavy (non-hydrogen) atoms. The van der Waals surface area contributed by atoms with E-state index in [0.29, 0.717) is 10.8 Å². The smallest absolute Gasteiger partial charge is 0.00132 e. The first-order chi connectivity index (χ1) is 5.02. The second-order valence-corrected chi connectivity index (χ2v) is 4.81. The molecule has 0 radical (unpaired) electrons. The predicted octanol–water partition coefficient (Wildman–Crippen LogP) is 2.42. The molecule has 1 heteroatoms. The molecule has 1 atom stereocenters. The maximum absolute atomic E-state index is 3.47. The van der Waals surface area contributed by atoms with Crippen LogP contribution in [0.4, 0.5) is 0 Å². The fourth-order valence-corrected chi connectivity index (χ4v) is 2.22. The fraction of sp³-hybridized carbons (Fsp3) is 1.00. The lowest BCUT2D eigenvalue weighted by Gasteiger charge is -2.40. The van der Waals surface area contributed by atoms with Crippen LogP contribution in [0.5, 0.6) is 0 Å². The lowest BCUT2D eigenvalue weighted by molar-refractivity contribution is 0.104. The van der Waals surface area contributed by atoms with E-state index in [0.717, 1.165) is 0 Å². The van der Waals surface area contributed by atoms with Gasteiger partial charge in [0, 0.05) is 6.54 Å². The minimum absolute atomic E-state index is 0.464. The first kappa shape index (κ1) is 9.05. The first-order valence-electron chi connectivity index (χ1n) is 4.72. The molecule has 0 aliphatic carbocycles. The summed E-state index contributed by atoms with van der Waals surface area (Å²) in [6.07, 6.45) is 2.66. The average Bonchev–Trinajstić information content (AvgIpc) is 2.33. The summed E-state index contributed by atoms with van der Waals surface area (Å²) in [7, 11) is 0. The fourth-order valence-electron chi connectivity index (χ4n) is 2.22. The van der Waals surface area contributed by atoms with Crippen LogP contribution in [-0.2, 0) is 0 Å². The molecule has 66 valence electrons. The van der Waals surface area contributed by atoms with Crippen LogP contribution in [0.25, 0.3) is 0 Å². The van der Waals surface area contributed by atoms with Crippen LogP contribution < -0.4 is 5.32 Å². The molecule has 0 aromatic carbocycles. The number of hydrogen-bond acceptors (Lipinski definition) is 1. The van der Waals surface area contributed by atoms with Gasteiger partial charge in [-0.25, -0.2) is 0 Å². The molecule has 1 N–H and O–H groups in total. The molecule has 1 fully saturated rings. The van der Waals surface area contributed by atoms with Crippen molar-refractivity contribution in [2.75, 3.05) is 13.1 Å². The molecule has 1 nitrogen and oxygen atoms in total. The Balaban J connectivity index is 2.75. The highest BCUT2D eigenvalue weighted by molar-refractivity contribution is 4.95. The Morgan fingerprint density at radius 3 is 2.18 bits per heavy atom. The third-order valence-electron chi connectivity index (χ3n) is 3.51. The Bertz CT molecular complexity index is 126. The van der Waals surface area contributed by atoms with E-state index in [-0.39, 0.29) is 0 Å². The molecule has 0 amide bonds. The second-order valence-electron chi connectivity index (χ2n) is 4.81. The highest BCUT2D eigenvalue weighted by Gasteiger charge is 2.42. The van der Waals surface area contributed by atoms with Crippen LogP contribution in [0.3, 0.4) is 0 Å².